The summed E-state index contributed by atoms with van der Waals surface area (Å²) in [5.74, 6) is -0.118. The van der Waals surface area contributed by atoms with Gasteiger partial charge < -0.3 is 11.1 Å². The lowest BCUT2D eigenvalue weighted by Gasteiger charge is -2.13. The van der Waals surface area contributed by atoms with Gasteiger partial charge in [0.05, 0.1) is 4.90 Å². The Morgan fingerprint density at radius 3 is 2.50 bits per heavy atom. The molecule has 8 heteroatoms. The standard InChI is InChI=1S/C12H18N2O4S2/c1-8(7-19(2)16)14-12(15)9-4-10(13)6-11(5-9)20(3,17)18/h4-6,8H,7,13H2,1-3H3,(H,14,15). The van der Waals surface area contributed by atoms with E-state index in [1.807, 2.05) is 0 Å². The normalized spacial score (nSPS) is 14.6. The molecule has 1 rings (SSSR count). The average molecular weight is 318 g/mol. The van der Waals surface area contributed by atoms with E-state index < -0.39 is 26.5 Å². The number of nitrogens with two attached hydrogens (primary N) is 1. The zero-order chi connectivity index (χ0) is 15.5. The predicted molar refractivity (Wildman–Crippen MR) is 79.8 cm³/mol. The molecule has 0 fully saturated rings. The highest BCUT2D eigenvalue weighted by Gasteiger charge is 2.15. The van der Waals surface area contributed by atoms with Crippen molar-refractivity contribution >= 4 is 32.2 Å². The third-order valence-corrected chi connectivity index (χ3v) is 4.54. The number of sulfone groups is 1. The van der Waals surface area contributed by atoms with Crippen molar-refractivity contribution < 1.29 is 17.4 Å². The number of benzene rings is 1. The van der Waals surface area contributed by atoms with E-state index in [0.717, 1.165) is 6.26 Å². The van der Waals surface area contributed by atoms with Crippen molar-refractivity contribution in [2.45, 2.75) is 17.9 Å². The van der Waals surface area contributed by atoms with Crippen molar-refractivity contribution in [3.63, 3.8) is 0 Å². The quantitative estimate of drug-likeness (QED) is 0.753. The molecule has 20 heavy (non-hydrogen) atoms. The van der Waals surface area contributed by atoms with E-state index >= 15 is 0 Å². The number of nitrogen functional groups attached to an aromatic ring is 1. The van der Waals surface area contributed by atoms with E-state index in [2.05, 4.69) is 5.32 Å². The molecule has 0 saturated heterocycles. The first-order valence-corrected chi connectivity index (χ1v) is 9.43. The largest absolute Gasteiger partial charge is 0.399 e. The fourth-order valence-corrected chi connectivity index (χ4v) is 3.15. The highest BCUT2D eigenvalue weighted by molar-refractivity contribution is 7.90. The van der Waals surface area contributed by atoms with E-state index in [1.165, 1.54) is 18.2 Å². The minimum atomic E-state index is -3.44. The monoisotopic (exact) mass is 318 g/mol. The van der Waals surface area contributed by atoms with E-state index in [1.54, 1.807) is 13.2 Å². The maximum absolute atomic E-state index is 12.0. The van der Waals surface area contributed by atoms with Gasteiger partial charge in [-0.2, -0.15) is 0 Å². The fraction of sp³-hybridized carbons (Fsp3) is 0.417. The summed E-state index contributed by atoms with van der Waals surface area (Å²) in [6.07, 6.45) is 2.59. The van der Waals surface area contributed by atoms with Crippen LogP contribution in [-0.2, 0) is 20.6 Å². The molecule has 6 nitrogen and oxygen atoms in total. The summed E-state index contributed by atoms with van der Waals surface area (Å²) in [5.41, 5.74) is 5.98. The molecule has 1 aromatic carbocycles. The molecule has 1 aromatic rings. The van der Waals surface area contributed by atoms with Gasteiger partial charge in [0.2, 0.25) is 0 Å². The van der Waals surface area contributed by atoms with Crippen LogP contribution in [0.1, 0.15) is 17.3 Å². The molecule has 0 aromatic heterocycles. The zero-order valence-electron chi connectivity index (χ0n) is 11.5. The fourth-order valence-electron chi connectivity index (χ4n) is 1.67. The van der Waals surface area contributed by atoms with E-state index in [0.29, 0.717) is 5.75 Å². The number of nitrogens with one attached hydrogen (secondary N) is 1. The van der Waals surface area contributed by atoms with Crippen LogP contribution in [0.15, 0.2) is 23.1 Å². The lowest BCUT2D eigenvalue weighted by molar-refractivity contribution is 0.0943. The number of carbonyl (C=O) groups excluding carboxylic acids is 1. The van der Waals surface area contributed by atoms with Crippen LogP contribution in [0.25, 0.3) is 0 Å². The molecule has 1 amide bonds. The minimum absolute atomic E-state index is 0.00521. The number of hydrogen-bond donors (Lipinski definition) is 2. The molecule has 0 bridgehead atoms. The Bertz CT molecular complexity index is 641. The van der Waals surface area contributed by atoms with Gasteiger partial charge in [-0.3, -0.25) is 9.00 Å². The lowest BCUT2D eigenvalue weighted by Crippen LogP contribution is -2.36. The third-order valence-electron chi connectivity index (χ3n) is 2.48. The molecule has 0 spiro atoms. The highest BCUT2D eigenvalue weighted by atomic mass is 32.2. The second-order valence-corrected chi connectivity index (χ2v) is 8.17. The van der Waals surface area contributed by atoms with Crippen LogP contribution >= 0.6 is 0 Å². The lowest BCUT2D eigenvalue weighted by atomic mass is 10.2. The molecule has 112 valence electrons. The van der Waals surface area contributed by atoms with Gasteiger partial charge in [0.25, 0.3) is 5.91 Å². The Hall–Kier alpha value is -1.41. The van der Waals surface area contributed by atoms with Gasteiger partial charge >= 0.3 is 0 Å². The molecule has 3 N–H and O–H groups in total. The Labute approximate surface area is 121 Å². The summed E-state index contributed by atoms with van der Waals surface area (Å²) in [6, 6.07) is 3.70. The van der Waals surface area contributed by atoms with Crippen molar-refractivity contribution in [3.8, 4) is 0 Å². The average Bonchev–Trinajstić information content (AvgIpc) is 2.25. The Morgan fingerprint density at radius 2 is 2.00 bits per heavy atom. The van der Waals surface area contributed by atoms with E-state index in [4.69, 9.17) is 5.73 Å². The van der Waals surface area contributed by atoms with Gasteiger partial charge in [-0.25, -0.2) is 8.42 Å². The van der Waals surface area contributed by atoms with Crippen LogP contribution < -0.4 is 11.1 Å². The molecule has 0 saturated carbocycles. The molecule has 0 aliphatic heterocycles. The van der Waals surface area contributed by atoms with Crippen molar-refractivity contribution in [1.29, 1.82) is 0 Å². The summed E-state index contributed by atoms with van der Waals surface area (Å²) in [7, 11) is -4.46. The van der Waals surface area contributed by atoms with Gasteiger partial charge in [-0.05, 0) is 25.1 Å². The summed E-state index contributed by atoms with van der Waals surface area (Å²) >= 11 is 0. The third kappa shape index (κ3) is 4.93. The number of rotatable bonds is 5. The van der Waals surface area contributed by atoms with Crippen molar-refractivity contribution in [2.24, 2.45) is 0 Å². The second-order valence-electron chi connectivity index (χ2n) is 4.68. The maximum Gasteiger partial charge on any atom is 0.251 e. The summed E-state index contributed by atoms with van der Waals surface area (Å²) in [4.78, 5) is 12.0. The van der Waals surface area contributed by atoms with E-state index in [-0.39, 0.29) is 22.2 Å². The number of amides is 1. The Kier molecular flexibility index (Phi) is 5.29. The molecule has 0 aliphatic rings. The zero-order valence-corrected chi connectivity index (χ0v) is 13.2. The van der Waals surface area contributed by atoms with Gasteiger partial charge in [-0.15, -0.1) is 0 Å². The smallest absolute Gasteiger partial charge is 0.251 e. The molecular formula is C12H18N2O4S2. The summed E-state index contributed by atoms with van der Waals surface area (Å²) in [6.45, 7) is 1.73. The van der Waals surface area contributed by atoms with Gasteiger partial charge in [-0.1, -0.05) is 0 Å². The molecule has 0 radical (unpaired) electrons. The first-order valence-electron chi connectivity index (χ1n) is 5.81. The van der Waals surface area contributed by atoms with Crippen molar-refractivity contribution in [1.82, 2.24) is 5.32 Å². The van der Waals surface area contributed by atoms with Gasteiger partial charge in [0.15, 0.2) is 9.84 Å². The number of anilines is 1. The minimum Gasteiger partial charge on any atom is -0.399 e. The number of carbonyl (C=O) groups is 1. The Balaban J connectivity index is 2.99. The van der Waals surface area contributed by atoms with Crippen molar-refractivity contribution in [2.75, 3.05) is 24.0 Å². The van der Waals surface area contributed by atoms with Gasteiger partial charge in [0, 0.05) is 46.4 Å². The van der Waals surface area contributed by atoms with Crippen LogP contribution in [0, 0.1) is 0 Å². The summed E-state index contributed by atoms with van der Waals surface area (Å²) in [5, 5.41) is 2.65. The SMILES string of the molecule is CC(CS(C)=O)NC(=O)c1cc(N)cc(S(C)(=O)=O)c1. The predicted octanol–water partition coefficient (Wildman–Crippen LogP) is 0.169. The Morgan fingerprint density at radius 1 is 1.40 bits per heavy atom. The topological polar surface area (TPSA) is 106 Å². The first kappa shape index (κ1) is 16.6. The van der Waals surface area contributed by atoms with Crippen LogP contribution in [0.5, 0.6) is 0 Å². The molecule has 0 aliphatic carbocycles. The summed E-state index contributed by atoms with van der Waals surface area (Å²) < 4.78 is 34.1. The van der Waals surface area contributed by atoms with Crippen molar-refractivity contribution in [3.05, 3.63) is 23.8 Å². The van der Waals surface area contributed by atoms with Crippen LogP contribution in [0.3, 0.4) is 0 Å². The maximum atomic E-state index is 12.0. The van der Waals surface area contributed by atoms with Crippen LogP contribution in [0.4, 0.5) is 5.69 Å². The first-order chi connectivity index (χ1) is 9.09. The van der Waals surface area contributed by atoms with Gasteiger partial charge in [0.1, 0.15) is 0 Å². The van der Waals surface area contributed by atoms with Crippen LogP contribution in [-0.4, -0.2) is 42.8 Å². The second kappa shape index (κ2) is 6.36. The molecule has 2 unspecified atom stereocenters. The molecule has 0 heterocycles. The molecule has 2 atom stereocenters. The highest BCUT2D eigenvalue weighted by Crippen LogP contribution is 2.17. The van der Waals surface area contributed by atoms with E-state index in [9.17, 15) is 17.4 Å². The molecular weight excluding hydrogens is 300 g/mol. The number of hydrogen-bond acceptors (Lipinski definition) is 5. The van der Waals surface area contributed by atoms with Crippen LogP contribution in [0.2, 0.25) is 0 Å².